The minimum absolute atomic E-state index is 0.0838. The second-order valence-corrected chi connectivity index (χ2v) is 3.96. The van der Waals surface area contributed by atoms with Crippen LogP contribution in [-0.2, 0) is 4.74 Å². The Labute approximate surface area is 111 Å². The van der Waals surface area contributed by atoms with Gasteiger partial charge >= 0.3 is 5.97 Å². The highest BCUT2D eigenvalue weighted by molar-refractivity contribution is 5.94. The summed E-state index contributed by atoms with van der Waals surface area (Å²) in [6, 6.07) is 2.73. The van der Waals surface area contributed by atoms with Gasteiger partial charge in [0, 0.05) is 19.3 Å². The molecule has 1 heterocycles. The topological polar surface area (TPSA) is 88.5 Å². The van der Waals surface area contributed by atoms with E-state index >= 15 is 0 Å². The molecule has 6 nitrogen and oxygen atoms in total. The highest BCUT2D eigenvalue weighted by Crippen LogP contribution is 2.00. The molecule has 19 heavy (non-hydrogen) atoms. The summed E-state index contributed by atoms with van der Waals surface area (Å²) >= 11 is 0. The Hall–Kier alpha value is -1.95. The summed E-state index contributed by atoms with van der Waals surface area (Å²) in [6.07, 6.45) is 3.33. The summed E-state index contributed by atoms with van der Waals surface area (Å²) in [5.41, 5.74) is 0.248. The van der Waals surface area contributed by atoms with E-state index in [-0.39, 0.29) is 11.6 Å². The van der Waals surface area contributed by atoms with E-state index in [1.54, 1.807) is 0 Å². The van der Waals surface area contributed by atoms with Crippen molar-refractivity contribution >= 4 is 11.9 Å². The zero-order chi connectivity index (χ0) is 14.1. The molecule has 0 spiro atoms. The molecule has 104 valence electrons. The van der Waals surface area contributed by atoms with Crippen molar-refractivity contribution in [3.8, 4) is 0 Å². The maximum Gasteiger partial charge on any atom is 0.354 e. The van der Waals surface area contributed by atoms with E-state index < -0.39 is 5.97 Å². The van der Waals surface area contributed by atoms with Crippen molar-refractivity contribution in [1.29, 1.82) is 0 Å². The molecule has 1 aromatic rings. The van der Waals surface area contributed by atoms with Gasteiger partial charge in [0.05, 0.1) is 12.2 Å². The van der Waals surface area contributed by atoms with Gasteiger partial charge in [-0.25, -0.2) is 9.78 Å². The summed E-state index contributed by atoms with van der Waals surface area (Å²) in [7, 11) is 0. The van der Waals surface area contributed by atoms with E-state index in [0.717, 1.165) is 12.8 Å². The molecule has 0 bridgehead atoms. The van der Waals surface area contributed by atoms with Gasteiger partial charge in [-0.1, -0.05) is 13.3 Å². The van der Waals surface area contributed by atoms with Crippen molar-refractivity contribution in [1.82, 2.24) is 10.3 Å². The first kappa shape index (κ1) is 15.1. The number of carbonyl (C=O) groups is 2. The van der Waals surface area contributed by atoms with Crippen LogP contribution in [0.15, 0.2) is 18.3 Å². The Morgan fingerprint density at radius 3 is 2.74 bits per heavy atom. The number of aromatic nitrogens is 1. The van der Waals surface area contributed by atoms with Gasteiger partial charge in [0.25, 0.3) is 5.91 Å². The normalized spacial score (nSPS) is 10.2. The van der Waals surface area contributed by atoms with Gasteiger partial charge in [0.2, 0.25) is 0 Å². The monoisotopic (exact) mass is 266 g/mol. The van der Waals surface area contributed by atoms with E-state index in [1.165, 1.54) is 18.3 Å². The van der Waals surface area contributed by atoms with Crippen LogP contribution in [-0.4, -0.2) is 41.7 Å². The molecular formula is C13H18N2O4. The van der Waals surface area contributed by atoms with Crippen molar-refractivity contribution < 1.29 is 19.4 Å². The smallest absolute Gasteiger partial charge is 0.354 e. The van der Waals surface area contributed by atoms with Gasteiger partial charge in [-0.3, -0.25) is 4.79 Å². The third kappa shape index (κ3) is 5.48. The second-order valence-electron chi connectivity index (χ2n) is 3.96. The number of pyridine rings is 1. The van der Waals surface area contributed by atoms with Gasteiger partial charge < -0.3 is 15.2 Å². The van der Waals surface area contributed by atoms with Crippen LogP contribution in [0.2, 0.25) is 0 Å². The number of amides is 1. The maximum absolute atomic E-state index is 11.7. The number of carboxylic acids is 1. The number of nitrogens with one attached hydrogen (secondary N) is 1. The number of hydrogen-bond donors (Lipinski definition) is 2. The van der Waals surface area contributed by atoms with Gasteiger partial charge in [0.15, 0.2) is 0 Å². The zero-order valence-corrected chi connectivity index (χ0v) is 10.9. The van der Waals surface area contributed by atoms with Gasteiger partial charge in [-0.15, -0.1) is 0 Å². The fraction of sp³-hybridized carbons (Fsp3) is 0.462. The van der Waals surface area contributed by atoms with E-state index in [2.05, 4.69) is 17.2 Å². The second kappa shape index (κ2) is 8.20. The number of carboxylic acid groups (broad SMARTS) is 1. The first-order chi connectivity index (χ1) is 9.15. The SMILES string of the molecule is CCCCOCCNC(=O)c1ccc(C(=O)O)nc1. The Balaban J connectivity index is 2.31. The van der Waals surface area contributed by atoms with Crippen LogP contribution in [0.25, 0.3) is 0 Å². The highest BCUT2D eigenvalue weighted by Gasteiger charge is 2.08. The van der Waals surface area contributed by atoms with Gasteiger partial charge in [0.1, 0.15) is 5.69 Å². The molecule has 6 heteroatoms. The zero-order valence-electron chi connectivity index (χ0n) is 10.9. The number of unbranched alkanes of at least 4 members (excludes halogenated alkanes) is 1. The number of carbonyl (C=O) groups excluding carboxylic acids is 1. The molecule has 0 unspecified atom stereocenters. The van der Waals surface area contributed by atoms with Gasteiger partial charge in [-0.05, 0) is 18.6 Å². The van der Waals surface area contributed by atoms with Crippen LogP contribution >= 0.6 is 0 Å². The molecule has 0 radical (unpaired) electrons. The molecule has 0 atom stereocenters. The van der Waals surface area contributed by atoms with Crippen LogP contribution < -0.4 is 5.32 Å². The van der Waals surface area contributed by atoms with Crippen LogP contribution in [0, 0.1) is 0 Å². The van der Waals surface area contributed by atoms with Crippen molar-refractivity contribution in [3.05, 3.63) is 29.6 Å². The van der Waals surface area contributed by atoms with E-state index in [0.29, 0.717) is 25.3 Å². The number of rotatable bonds is 8. The molecule has 2 N–H and O–H groups in total. The third-order valence-corrected chi connectivity index (χ3v) is 2.42. The molecule has 0 saturated heterocycles. The summed E-state index contributed by atoms with van der Waals surface area (Å²) in [5.74, 6) is -1.40. The Morgan fingerprint density at radius 2 is 2.16 bits per heavy atom. The Bertz CT molecular complexity index is 417. The predicted molar refractivity (Wildman–Crippen MR) is 69.3 cm³/mol. The van der Waals surface area contributed by atoms with Crippen LogP contribution in [0.5, 0.6) is 0 Å². The van der Waals surface area contributed by atoms with Crippen molar-refractivity contribution in [2.24, 2.45) is 0 Å². The summed E-state index contributed by atoms with van der Waals surface area (Å²) in [5, 5.41) is 11.4. The first-order valence-electron chi connectivity index (χ1n) is 6.20. The predicted octanol–water partition coefficient (Wildman–Crippen LogP) is 1.33. The molecule has 1 aromatic heterocycles. The van der Waals surface area contributed by atoms with Crippen LogP contribution in [0.3, 0.4) is 0 Å². The molecule has 1 amide bonds. The van der Waals surface area contributed by atoms with Crippen molar-refractivity contribution in [2.75, 3.05) is 19.8 Å². The lowest BCUT2D eigenvalue weighted by Gasteiger charge is -2.06. The van der Waals surface area contributed by atoms with Crippen molar-refractivity contribution in [2.45, 2.75) is 19.8 Å². The minimum atomic E-state index is -1.11. The lowest BCUT2D eigenvalue weighted by atomic mass is 10.2. The summed E-state index contributed by atoms with van der Waals surface area (Å²) < 4.78 is 5.30. The fourth-order valence-electron chi connectivity index (χ4n) is 1.34. The molecular weight excluding hydrogens is 248 g/mol. The Morgan fingerprint density at radius 1 is 1.37 bits per heavy atom. The largest absolute Gasteiger partial charge is 0.477 e. The van der Waals surface area contributed by atoms with E-state index in [1.807, 2.05) is 0 Å². The highest BCUT2D eigenvalue weighted by atomic mass is 16.5. The van der Waals surface area contributed by atoms with E-state index in [9.17, 15) is 9.59 Å². The molecule has 0 fully saturated rings. The molecule has 0 aliphatic carbocycles. The van der Waals surface area contributed by atoms with E-state index in [4.69, 9.17) is 9.84 Å². The van der Waals surface area contributed by atoms with Gasteiger partial charge in [-0.2, -0.15) is 0 Å². The average Bonchev–Trinajstić information content (AvgIpc) is 2.42. The molecule has 0 aliphatic heterocycles. The number of hydrogen-bond acceptors (Lipinski definition) is 4. The molecule has 0 aromatic carbocycles. The first-order valence-corrected chi connectivity index (χ1v) is 6.20. The fourth-order valence-corrected chi connectivity index (χ4v) is 1.34. The quantitative estimate of drug-likeness (QED) is 0.693. The Kier molecular flexibility index (Phi) is 6.52. The van der Waals surface area contributed by atoms with Crippen LogP contribution in [0.4, 0.5) is 0 Å². The number of aromatic carboxylic acids is 1. The minimum Gasteiger partial charge on any atom is -0.477 e. The lowest BCUT2D eigenvalue weighted by molar-refractivity contribution is 0.0689. The maximum atomic E-state index is 11.7. The molecule has 0 saturated carbocycles. The summed E-state index contributed by atoms with van der Waals surface area (Å²) in [4.78, 5) is 25.9. The molecule has 1 rings (SSSR count). The standard InChI is InChI=1S/C13H18N2O4/c1-2-3-7-19-8-6-14-12(16)10-4-5-11(13(17)18)15-9-10/h4-5,9H,2-3,6-8H2,1H3,(H,14,16)(H,17,18). The number of nitrogens with zero attached hydrogens (tertiary/aromatic N) is 1. The van der Waals surface area contributed by atoms with Crippen molar-refractivity contribution in [3.63, 3.8) is 0 Å². The van der Waals surface area contributed by atoms with Crippen LogP contribution in [0.1, 0.15) is 40.6 Å². The average molecular weight is 266 g/mol. The lowest BCUT2D eigenvalue weighted by Crippen LogP contribution is -2.27. The number of ether oxygens (including phenoxy) is 1. The summed E-state index contributed by atoms with van der Waals surface area (Å²) in [6.45, 7) is 3.66. The molecule has 0 aliphatic rings. The third-order valence-electron chi connectivity index (χ3n) is 2.42.